The van der Waals surface area contributed by atoms with E-state index in [1.54, 1.807) is 42.7 Å². The molecule has 0 spiro atoms. The Balaban J connectivity index is 1.58. The minimum atomic E-state index is -1.04. The number of benzene rings is 2. The van der Waals surface area contributed by atoms with Gasteiger partial charge in [0.1, 0.15) is 5.92 Å². The number of anilines is 2. The average molecular weight is 430 g/mol. The van der Waals surface area contributed by atoms with Crippen molar-refractivity contribution < 1.29 is 19.3 Å². The molecule has 0 bridgehead atoms. The highest BCUT2D eigenvalue weighted by Gasteiger charge is 2.60. The number of hydrogen-bond donors (Lipinski definition) is 0. The van der Waals surface area contributed by atoms with E-state index in [1.165, 1.54) is 23.3 Å². The van der Waals surface area contributed by atoms with E-state index in [0.717, 1.165) is 10.5 Å². The van der Waals surface area contributed by atoms with Gasteiger partial charge in [0.15, 0.2) is 6.10 Å². The van der Waals surface area contributed by atoms with Crippen molar-refractivity contribution in [2.45, 2.75) is 19.1 Å². The summed E-state index contributed by atoms with van der Waals surface area (Å²) in [5, 5.41) is 12.7. The molecule has 0 aliphatic carbocycles. The van der Waals surface area contributed by atoms with Gasteiger partial charge >= 0.3 is 0 Å². The first-order chi connectivity index (χ1) is 15.5. The van der Waals surface area contributed by atoms with Gasteiger partial charge in [0.2, 0.25) is 5.91 Å². The Morgan fingerprint density at radius 2 is 1.69 bits per heavy atom. The summed E-state index contributed by atoms with van der Waals surface area (Å²) in [5.74, 6) is -1.65. The molecular formula is C23H18N4O5. The molecule has 5 rings (SSSR count). The SMILES string of the molecule is Cc1ccc(N2C(=O)[C@H]3[C@H](ON(c4cccc([N+](=O)[O-])c4)[C@@H]3c3ccncc3)C2=O)cc1. The van der Waals surface area contributed by atoms with Crippen LogP contribution in [0.1, 0.15) is 17.2 Å². The van der Waals surface area contributed by atoms with E-state index in [0.29, 0.717) is 16.9 Å². The predicted molar refractivity (Wildman–Crippen MR) is 115 cm³/mol. The summed E-state index contributed by atoms with van der Waals surface area (Å²) in [5.41, 5.74) is 2.48. The minimum absolute atomic E-state index is 0.115. The Labute approximate surface area is 183 Å². The number of rotatable bonds is 4. The minimum Gasteiger partial charge on any atom is -0.273 e. The zero-order chi connectivity index (χ0) is 22.4. The van der Waals surface area contributed by atoms with E-state index in [4.69, 9.17) is 4.84 Å². The quantitative estimate of drug-likeness (QED) is 0.355. The number of amides is 2. The van der Waals surface area contributed by atoms with Crippen LogP contribution in [0.5, 0.6) is 0 Å². The number of non-ortho nitro benzene ring substituents is 1. The number of carbonyl (C=O) groups excluding carboxylic acids is 2. The van der Waals surface area contributed by atoms with Crippen LogP contribution in [0, 0.1) is 23.0 Å². The number of nitro benzene ring substituents is 1. The van der Waals surface area contributed by atoms with E-state index in [2.05, 4.69) is 4.98 Å². The van der Waals surface area contributed by atoms with Crippen molar-refractivity contribution in [2.75, 3.05) is 9.96 Å². The van der Waals surface area contributed by atoms with Gasteiger partial charge < -0.3 is 0 Å². The molecule has 1 aromatic heterocycles. The van der Waals surface area contributed by atoms with Gasteiger partial charge in [0.05, 0.1) is 22.3 Å². The van der Waals surface area contributed by atoms with E-state index in [-0.39, 0.29) is 11.6 Å². The maximum absolute atomic E-state index is 13.5. The maximum atomic E-state index is 13.5. The van der Waals surface area contributed by atoms with Gasteiger partial charge in [-0.1, -0.05) is 23.8 Å². The zero-order valence-electron chi connectivity index (χ0n) is 17.0. The highest BCUT2D eigenvalue weighted by atomic mass is 16.7. The smallest absolute Gasteiger partial charge is 0.271 e. The van der Waals surface area contributed by atoms with Gasteiger partial charge in [-0.3, -0.25) is 29.5 Å². The van der Waals surface area contributed by atoms with Crippen molar-refractivity contribution in [3.8, 4) is 0 Å². The maximum Gasteiger partial charge on any atom is 0.271 e. The Hall–Kier alpha value is -4.11. The number of aromatic nitrogens is 1. The van der Waals surface area contributed by atoms with Crippen LogP contribution in [-0.2, 0) is 14.4 Å². The summed E-state index contributed by atoms with van der Waals surface area (Å²) in [6.45, 7) is 1.92. The summed E-state index contributed by atoms with van der Waals surface area (Å²) in [4.78, 5) is 48.7. The van der Waals surface area contributed by atoms with Crippen LogP contribution < -0.4 is 9.96 Å². The van der Waals surface area contributed by atoms with Crippen LogP contribution in [0.25, 0.3) is 0 Å². The second kappa shape index (κ2) is 7.54. The molecule has 0 radical (unpaired) electrons. The largest absolute Gasteiger partial charge is 0.273 e. The lowest BCUT2D eigenvalue weighted by Crippen LogP contribution is -2.37. The molecule has 2 fully saturated rings. The van der Waals surface area contributed by atoms with Gasteiger partial charge in [-0.2, -0.15) is 0 Å². The Bertz CT molecular complexity index is 1210. The van der Waals surface area contributed by atoms with Crippen LogP contribution in [0.3, 0.4) is 0 Å². The average Bonchev–Trinajstić information content (AvgIpc) is 3.31. The summed E-state index contributed by atoms with van der Waals surface area (Å²) in [6.07, 6.45) is 2.14. The van der Waals surface area contributed by atoms with Crippen LogP contribution in [0.15, 0.2) is 73.1 Å². The molecule has 2 aliphatic rings. The highest BCUT2D eigenvalue weighted by molar-refractivity contribution is 6.23. The topological polar surface area (TPSA) is 106 Å². The fourth-order valence-corrected chi connectivity index (χ4v) is 4.23. The summed E-state index contributed by atoms with van der Waals surface area (Å²) < 4.78 is 0. The summed E-state index contributed by atoms with van der Waals surface area (Å²) >= 11 is 0. The van der Waals surface area contributed by atoms with Crippen LogP contribution in [-0.4, -0.2) is 27.8 Å². The molecule has 0 N–H and O–H groups in total. The van der Waals surface area contributed by atoms with Crippen LogP contribution in [0.2, 0.25) is 0 Å². The number of nitrogens with zero attached hydrogens (tertiary/aromatic N) is 4. The number of hydroxylamine groups is 1. The molecule has 2 aliphatic heterocycles. The Morgan fingerprint density at radius 1 is 0.969 bits per heavy atom. The van der Waals surface area contributed by atoms with E-state index < -0.39 is 28.9 Å². The second-order valence-corrected chi connectivity index (χ2v) is 7.73. The van der Waals surface area contributed by atoms with Gasteiger partial charge in [0.25, 0.3) is 11.6 Å². The molecule has 3 heterocycles. The lowest BCUT2D eigenvalue weighted by molar-refractivity contribution is -0.384. The lowest BCUT2D eigenvalue weighted by Gasteiger charge is -2.28. The molecule has 32 heavy (non-hydrogen) atoms. The molecule has 3 aromatic rings. The van der Waals surface area contributed by atoms with Gasteiger partial charge in [0, 0.05) is 24.5 Å². The predicted octanol–water partition coefficient (Wildman–Crippen LogP) is 3.35. The first-order valence-corrected chi connectivity index (χ1v) is 10.0. The molecule has 3 atom stereocenters. The second-order valence-electron chi connectivity index (χ2n) is 7.73. The van der Waals surface area contributed by atoms with Crippen molar-refractivity contribution in [3.63, 3.8) is 0 Å². The van der Waals surface area contributed by atoms with E-state index in [1.807, 2.05) is 19.1 Å². The number of hydrogen-bond acceptors (Lipinski definition) is 7. The molecule has 0 unspecified atom stereocenters. The molecule has 2 saturated heterocycles. The van der Waals surface area contributed by atoms with Crippen molar-refractivity contribution in [3.05, 3.63) is 94.3 Å². The number of fused-ring (bicyclic) bond motifs is 1. The summed E-state index contributed by atoms with van der Waals surface area (Å²) in [6, 6.07) is 15.9. The molecule has 9 heteroatoms. The van der Waals surface area contributed by atoms with Crippen LogP contribution >= 0.6 is 0 Å². The molecular weight excluding hydrogens is 412 g/mol. The third-order valence-electron chi connectivity index (χ3n) is 5.75. The third-order valence-corrected chi connectivity index (χ3v) is 5.75. The van der Waals surface area contributed by atoms with Crippen molar-refractivity contribution >= 4 is 28.9 Å². The summed E-state index contributed by atoms with van der Waals surface area (Å²) in [7, 11) is 0. The van der Waals surface area contributed by atoms with Gasteiger partial charge in [-0.05, 0) is 42.8 Å². The number of carbonyl (C=O) groups is 2. The zero-order valence-corrected chi connectivity index (χ0v) is 17.0. The van der Waals surface area contributed by atoms with Crippen molar-refractivity contribution in [1.82, 2.24) is 4.98 Å². The standard InChI is InChI=1S/C23H18N4O5/c1-14-5-7-16(8-6-14)25-22(28)19-20(15-9-11-24-12-10-15)26(32-21(19)23(25)29)17-3-2-4-18(13-17)27(30)31/h2-13,19-21H,1H3/t19-,20-,21+/m1/s1. The number of imide groups is 1. The number of nitro groups is 1. The third kappa shape index (κ3) is 3.10. The fraction of sp³-hybridized carbons (Fsp3) is 0.174. The molecule has 9 nitrogen and oxygen atoms in total. The Morgan fingerprint density at radius 3 is 2.38 bits per heavy atom. The molecule has 0 saturated carbocycles. The highest BCUT2D eigenvalue weighted by Crippen LogP contribution is 2.47. The fourth-order valence-electron chi connectivity index (χ4n) is 4.23. The van der Waals surface area contributed by atoms with Crippen molar-refractivity contribution in [2.24, 2.45) is 5.92 Å². The van der Waals surface area contributed by atoms with Crippen molar-refractivity contribution in [1.29, 1.82) is 0 Å². The monoisotopic (exact) mass is 430 g/mol. The van der Waals surface area contributed by atoms with E-state index >= 15 is 0 Å². The number of aryl methyl sites for hydroxylation is 1. The van der Waals surface area contributed by atoms with Gasteiger partial charge in [-0.25, -0.2) is 9.96 Å². The molecule has 160 valence electrons. The molecule has 2 aromatic carbocycles. The first kappa shape index (κ1) is 19.8. The Kier molecular flexibility index (Phi) is 4.67. The van der Waals surface area contributed by atoms with Gasteiger partial charge in [-0.15, -0.1) is 0 Å². The molecule has 2 amide bonds. The van der Waals surface area contributed by atoms with E-state index in [9.17, 15) is 19.7 Å². The van der Waals surface area contributed by atoms with Crippen LogP contribution in [0.4, 0.5) is 17.1 Å². The first-order valence-electron chi connectivity index (χ1n) is 10.0. The lowest BCUT2D eigenvalue weighted by atomic mass is 9.91. The number of pyridine rings is 1. The normalized spacial score (nSPS) is 22.3.